The molecule has 0 saturated carbocycles. The topological polar surface area (TPSA) is 108 Å². The van der Waals surface area contributed by atoms with Gasteiger partial charge in [-0.2, -0.15) is 0 Å². The molecule has 3 rings (SSSR count). The van der Waals surface area contributed by atoms with Crippen molar-refractivity contribution in [2.75, 3.05) is 24.8 Å². The summed E-state index contributed by atoms with van der Waals surface area (Å²) in [4.78, 5) is 24.6. The molecule has 0 bridgehead atoms. The van der Waals surface area contributed by atoms with Crippen molar-refractivity contribution in [1.29, 1.82) is 0 Å². The van der Waals surface area contributed by atoms with Crippen LogP contribution in [0.1, 0.15) is 17.3 Å². The maximum Gasteiger partial charge on any atom is 0.338 e. The van der Waals surface area contributed by atoms with Gasteiger partial charge < -0.3 is 19.5 Å². The van der Waals surface area contributed by atoms with Gasteiger partial charge in [0.05, 0.1) is 10.5 Å². The van der Waals surface area contributed by atoms with Crippen LogP contribution in [0.2, 0.25) is 0 Å². The normalized spacial score (nSPS) is 14.1. The SMILES string of the molecule is C[C@H](OC(=O)c1ccc(S(C)(=O)=O)cc1)C(=O)Nc1ccc2c(c1)OCCO2. The summed E-state index contributed by atoms with van der Waals surface area (Å²) in [6.45, 7) is 2.34. The highest BCUT2D eigenvalue weighted by Gasteiger charge is 2.20. The van der Waals surface area contributed by atoms with E-state index in [0.717, 1.165) is 6.26 Å². The summed E-state index contributed by atoms with van der Waals surface area (Å²) in [5, 5.41) is 2.65. The van der Waals surface area contributed by atoms with Crippen molar-refractivity contribution < 1.29 is 32.2 Å². The number of hydrogen-bond donors (Lipinski definition) is 1. The lowest BCUT2D eigenvalue weighted by molar-refractivity contribution is -0.123. The Morgan fingerprint density at radius 3 is 2.32 bits per heavy atom. The van der Waals surface area contributed by atoms with Crippen LogP contribution in [0.5, 0.6) is 11.5 Å². The molecule has 28 heavy (non-hydrogen) atoms. The molecule has 9 heteroatoms. The van der Waals surface area contributed by atoms with E-state index in [4.69, 9.17) is 14.2 Å². The van der Waals surface area contributed by atoms with E-state index in [1.54, 1.807) is 18.2 Å². The van der Waals surface area contributed by atoms with Crippen LogP contribution in [-0.4, -0.2) is 45.9 Å². The van der Waals surface area contributed by atoms with Crippen molar-refractivity contribution in [3.05, 3.63) is 48.0 Å². The Labute approximate surface area is 162 Å². The smallest absolute Gasteiger partial charge is 0.338 e. The molecular weight excluding hydrogens is 386 g/mol. The number of sulfone groups is 1. The number of esters is 1. The first-order chi connectivity index (χ1) is 13.2. The van der Waals surface area contributed by atoms with Gasteiger partial charge in [0.15, 0.2) is 27.4 Å². The summed E-state index contributed by atoms with van der Waals surface area (Å²) in [5.41, 5.74) is 0.626. The lowest BCUT2D eigenvalue weighted by Crippen LogP contribution is -2.30. The Bertz CT molecular complexity index is 999. The van der Waals surface area contributed by atoms with Gasteiger partial charge in [-0.1, -0.05) is 0 Å². The Kier molecular flexibility index (Phi) is 5.55. The fourth-order valence-electron chi connectivity index (χ4n) is 2.49. The van der Waals surface area contributed by atoms with Crippen molar-refractivity contribution in [3.8, 4) is 11.5 Å². The maximum atomic E-state index is 12.3. The predicted molar refractivity (Wildman–Crippen MR) is 100 cm³/mol. The summed E-state index contributed by atoms with van der Waals surface area (Å²) in [6, 6.07) is 10.3. The molecule has 1 heterocycles. The van der Waals surface area contributed by atoms with Crippen LogP contribution >= 0.6 is 0 Å². The summed E-state index contributed by atoms with van der Waals surface area (Å²) < 4.78 is 38.9. The number of carbonyl (C=O) groups excluding carboxylic acids is 2. The van der Waals surface area contributed by atoms with Crippen LogP contribution in [0.15, 0.2) is 47.4 Å². The fraction of sp³-hybridized carbons (Fsp3) is 0.263. The lowest BCUT2D eigenvalue weighted by atomic mass is 10.2. The molecule has 0 aromatic heterocycles. The molecule has 2 aromatic rings. The van der Waals surface area contributed by atoms with Crippen LogP contribution in [0.3, 0.4) is 0 Å². The number of benzene rings is 2. The third-order valence-corrected chi connectivity index (χ3v) is 5.11. The summed E-state index contributed by atoms with van der Waals surface area (Å²) in [5.74, 6) is -0.122. The van der Waals surface area contributed by atoms with Crippen molar-refractivity contribution in [2.45, 2.75) is 17.9 Å². The van der Waals surface area contributed by atoms with Crippen molar-refractivity contribution in [3.63, 3.8) is 0 Å². The lowest BCUT2D eigenvalue weighted by Gasteiger charge is -2.19. The first kappa shape index (κ1) is 19.7. The van der Waals surface area contributed by atoms with Crippen molar-refractivity contribution >= 4 is 27.4 Å². The molecule has 1 N–H and O–H groups in total. The number of carbonyl (C=O) groups is 2. The van der Waals surface area contributed by atoms with Gasteiger partial charge in [-0.25, -0.2) is 13.2 Å². The number of ether oxygens (including phenoxy) is 3. The minimum atomic E-state index is -3.36. The van der Waals surface area contributed by atoms with E-state index < -0.39 is 27.8 Å². The minimum absolute atomic E-state index is 0.0912. The van der Waals surface area contributed by atoms with Gasteiger partial charge in [0.25, 0.3) is 5.91 Å². The molecule has 1 aliphatic rings. The number of hydrogen-bond acceptors (Lipinski definition) is 7. The average molecular weight is 405 g/mol. The van der Waals surface area contributed by atoms with Gasteiger partial charge in [-0.05, 0) is 43.3 Å². The molecule has 148 valence electrons. The Hall–Kier alpha value is -3.07. The zero-order valence-electron chi connectivity index (χ0n) is 15.3. The van der Waals surface area contributed by atoms with Crippen LogP contribution in [0.4, 0.5) is 5.69 Å². The molecule has 0 spiro atoms. The highest BCUT2D eigenvalue weighted by molar-refractivity contribution is 7.90. The number of fused-ring (bicyclic) bond motifs is 1. The molecule has 8 nitrogen and oxygen atoms in total. The largest absolute Gasteiger partial charge is 0.486 e. The zero-order valence-corrected chi connectivity index (χ0v) is 16.1. The van der Waals surface area contributed by atoms with Gasteiger partial charge in [0, 0.05) is 18.0 Å². The van der Waals surface area contributed by atoms with Crippen molar-refractivity contribution in [2.24, 2.45) is 0 Å². The van der Waals surface area contributed by atoms with Gasteiger partial charge in [-0.3, -0.25) is 4.79 Å². The van der Waals surface area contributed by atoms with Crippen LogP contribution in [0, 0.1) is 0 Å². The molecule has 0 radical (unpaired) electrons. The van der Waals surface area contributed by atoms with E-state index in [-0.39, 0.29) is 10.5 Å². The van der Waals surface area contributed by atoms with Gasteiger partial charge in [-0.15, -0.1) is 0 Å². The van der Waals surface area contributed by atoms with E-state index in [0.29, 0.717) is 30.4 Å². The Balaban J connectivity index is 1.61. The van der Waals surface area contributed by atoms with Gasteiger partial charge >= 0.3 is 5.97 Å². The first-order valence-electron chi connectivity index (χ1n) is 8.45. The molecule has 2 aromatic carbocycles. The molecule has 0 fully saturated rings. The van der Waals surface area contributed by atoms with Gasteiger partial charge in [0.2, 0.25) is 0 Å². The Morgan fingerprint density at radius 1 is 1.04 bits per heavy atom. The van der Waals surface area contributed by atoms with E-state index >= 15 is 0 Å². The van der Waals surface area contributed by atoms with Crippen molar-refractivity contribution in [1.82, 2.24) is 0 Å². The van der Waals surface area contributed by atoms with E-state index in [1.165, 1.54) is 31.2 Å². The highest BCUT2D eigenvalue weighted by Crippen LogP contribution is 2.32. The number of amides is 1. The summed E-state index contributed by atoms with van der Waals surface area (Å²) in [6.07, 6.45) is 0.0141. The molecule has 0 aliphatic carbocycles. The molecule has 0 unspecified atom stereocenters. The molecule has 1 atom stereocenters. The second-order valence-corrected chi connectivity index (χ2v) is 8.21. The molecule has 1 aliphatic heterocycles. The minimum Gasteiger partial charge on any atom is -0.486 e. The molecule has 0 saturated heterocycles. The predicted octanol–water partition coefficient (Wildman–Crippen LogP) is 2.05. The second-order valence-electron chi connectivity index (χ2n) is 6.19. The third-order valence-electron chi connectivity index (χ3n) is 3.98. The van der Waals surface area contributed by atoms with E-state index in [1.807, 2.05) is 0 Å². The van der Waals surface area contributed by atoms with E-state index in [2.05, 4.69) is 5.32 Å². The first-order valence-corrected chi connectivity index (χ1v) is 10.3. The number of nitrogens with one attached hydrogen (secondary N) is 1. The molecular formula is C19H19NO7S. The van der Waals surface area contributed by atoms with E-state index in [9.17, 15) is 18.0 Å². The summed E-state index contributed by atoms with van der Waals surface area (Å²) in [7, 11) is -3.36. The van der Waals surface area contributed by atoms with Gasteiger partial charge in [0.1, 0.15) is 13.2 Å². The third kappa shape index (κ3) is 4.61. The zero-order chi connectivity index (χ0) is 20.3. The number of anilines is 1. The second kappa shape index (κ2) is 7.89. The summed E-state index contributed by atoms with van der Waals surface area (Å²) >= 11 is 0. The highest BCUT2D eigenvalue weighted by atomic mass is 32.2. The monoisotopic (exact) mass is 405 g/mol. The Morgan fingerprint density at radius 2 is 1.68 bits per heavy atom. The van der Waals surface area contributed by atoms with Crippen LogP contribution < -0.4 is 14.8 Å². The maximum absolute atomic E-state index is 12.3. The quantitative estimate of drug-likeness (QED) is 0.759. The van der Waals surface area contributed by atoms with Crippen LogP contribution in [-0.2, 0) is 19.4 Å². The fourth-order valence-corrected chi connectivity index (χ4v) is 3.12. The number of rotatable bonds is 5. The standard InChI is InChI=1S/C19H19NO7S/c1-12(27-19(22)13-3-6-15(7-4-13)28(2,23)24)18(21)20-14-5-8-16-17(11-14)26-10-9-25-16/h3-8,11-12H,9-10H2,1-2H3,(H,20,21)/t12-/m0/s1. The van der Waals surface area contributed by atoms with Crippen LogP contribution in [0.25, 0.3) is 0 Å². The average Bonchev–Trinajstić information content (AvgIpc) is 2.67. The molecule has 1 amide bonds.